The normalized spacial score (nSPS) is 12.3. The zero-order valence-electron chi connectivity index (χ0n) is 18.3. The second-order valence-electron chi connectivity index (χ2n) is 7.88. The van der Waals surface area contributed by atoms with E-state index in [2.05, 4.69) is 22.9 Å². The molecule has 0 radical (unpaired) electrons. The van der Waals surface area contributed by atoms with Crippen molar-refractivity contribution in [2.75, 3.05) is 0 Å². The monoisotopic (exact) mass is 443 g/mol. The van der Waals surface area contributed by atoms with E-state index in [1.165, 1.54) is 5.56 Å². The number of hydrogen-bond acceptors (Lipinski definition) is 2. The lowest BCUT2D eigenvalue weighted by molar-refractivity contribution is -0.117. The van der Waals surface area contributed by atoms with Crippen LogP contribution in [0, 0.1) is 6.92 Å². The first-order valence-corrected chi connectivity index (χ1v) is 11.2. The van der Waals surface area contributed by atoms with E-state index in [-0.39, 0.29) is 11.9 Å². The molecule has 0 aliphatic carbocycles. The Labute approximate surface area is 193 Å². The number of nitrogens with one attached hydrogen (secondary N) is 1. The maximum Gasteiger partial charge on any atom is 0.244 e. The van der Waals surface area contributed by atoms with Crippen LogP contribution in [0.1, 0.15) is 41.9 Å². The molecule has 1 heterocycles. The average molecular weight is 444 g/mol. The Morgan fingerprint density at radius 1 is 1.06 bits per heavy atom. The second-order valence-corrected chi connectivity index (χ2v) is 8.32. The summed E-state index contributed by atoms with van der Waals surface area (Å²) in [6, 6.07) is 23.7. The molecule has 1 atom stereocenters. The quantitative estimate of drug-likeness (QED) is 0.339. The Hall–Kier alpha value is -3.37. The number of amides is 1. The largest absolute Gasteiger partial charge is 0.343 e. The van der Waals surface area contributed by atoms with Gasteiger partial charge < -0.3 is 9.88 Å². The highest BCUT2D eigenvalue weighted by molar-refractivity contribution is 6.30. The number of benzene rings is 3. The zero-order valence-corrected chi connectivity index (χ0v) is 19.0. The predicted molar refractivity (Wildman–Crippen MR) is 132 cm³/mol. The van der Waals surface area contributed by atoms with Crippen LogP contribution < -0.4 is 5.32 Å². The Morgan fingerprint density at radius 3 is 2.50 bits per heavy atom. The lowest BCUT2D eigenvalue weighted by Crippen LogP contribution is -2.29. The van der Waals surface area contributed by atoms with Crippen LogP contribution >= 0.6 is 11.6 Å². The van der Waals surface area contributed by atoms with E-state index in [1.54, 1.807) is 6.08 Å². The molecule has 1 unspecified atom stereocenters. The molecule has 1 amide bonds. The van der Waals surface area contributed by atoms with Crippen molar-refractivity contribution >= 4 is 34.6 Å². The minimum atomic E-state index is -0.204. The summed E-state index contributed by atoms with van der Waals surface area (Å²) in [4.78, 5) is 17.6. The van der Waals surface area contributed by atoms with Gasteiger partial charge in [-0.05, 0) is 54.8 Å². The number of fused-ring (bicyclic) bond motifs is 1. The molecule has 0 saturated heterocycles. The molecule has 162 valence electrons. The second kappa shape index (κ2) is 9.84. The van der Waals surface area contributed by atoms with Gasteiger partial charge in [0, 0.05) is 17.6 Å². The van der Waals surface area contributed by atoms with Gasteiger partial charge in [0.25, 0.3) is 0 Å². The molecule has 0 saturated carbocycles. The van der Waals surface area contributed by atoms with E-state index in [9.17, 15) is 4.79 Å². The number of hydrogen-bond donors (Lipinski definition) is 1. The topological polar surface area (TPSA) is 46.9 Å². The number of aryl methyl sites for hydroxylation is 1. The minimum Gasteiger partial charge on any atom is -0.343 e. The van der Waals surface area contributed by atoms with Crippen molar-refractivity contribution in [3.63, 3.8) is 0 Å². The molecule has 0 fully saturated rings. The summed E-state index contributed by atoms with van der Waals surface area (Å²) in [6.07, 6.45) is 4.14. The molecule has 0 spiro atoms. The summed E-state index contributed by atoms with van der Waals surface area (Å²) >= 11 is 6.06. The first kappa shape index (κ1) is 21.8. The van der Waals surface area contributed by atoms with Crippen LogP contribution in [0.5, 0.6) is 0 Å². The third-order valence-electron chi connectivity index (χ3n) is 5.48. The molecule has 4 rings (SSSR count). The van der Waals surface area contributed by atoms with Crippen molar-refractivity contribution in [3.05, 3.63) is 106 Å². The fraction of sp³-hybridized carbons (Fsp3) is 0.185. The minimum absolute atomic E-state index is 0.137. The lowest BCUT2D eigenvalue weighted by Gasteiger charge is -2.18. The SMILES string of the molecule is CCC(NC(=O)/C=C/c1ccc(C)cc1)c1nc2ccccc2n1Cc1ccc(Cl)cc1. The third-order valence-corrected chi connectivity index (χ3v) is 5.73. The Balaban J connectivity index is 1.60. The number of rotatable bonds is 7. The van der Waals surface area contributed by atoms with Gasteiger partial charge in [-0.3, -0.25) is 4.79 Å². The van der Waals surface area contributed by atoms with E-state index in [4.69, 9.17) is 16.6 Å². The Kier molecular flexibility index (Phi) is 6.72. The van der Waals surface area contributed by atoms with Gasteiger partial charge in [-0.25, -0.2) is 4.98 Å². The highest BCUT2D eigenvalue weighted by atomic mass is 35.5. The van der Waals surface area contributed by atoms with Gasteiger partial charge in [0.05, 0.1) is 17.1 Å². The first-order valence-electron chi connectivity index (χ1n) is 10.8. The summed E-state index contributed by atoms with van der Waals surface area (Å²) in [5, 5.41) is 3.84. The fourth-order valence-electron chi connectivity index (χ4n) is 3.72. The van der Waals surface area contributed by atoms with E-state index in [1.807, 2.05) is 79.7 Å². The summed E-state index contributed by atoms with van der Waals surface area (Å²) in [7, 11) is 0. The van der Waals surface area contributed by atoms with Crippen LogP contribution in [0.2, 0.25) is 5.02 Å². The first-order chi connectivity index (χ1) is 15.5. The van der Waals surface area contributed by atoms with Gasteiger partial charge in [-0.1, -0.05) is 72.6 Å². The average Bonchev–Trinajstić information content (AvgIpc) is 3.17. The molecule has 5 heteroatoms. The molecule has 0 aliphatic rings. The Morgan fingerprint density at radius 2 is 1.78 bits per heavy atom. The van der Waals surface area contributed by atoms with Gasteiger partial charge in [0.2, 0.25) is 5.91 Å². The summed E-state index contributed by atoms with van der Waals surface area (Å²) in [5.74, 6) is 0.711. The summed E-state index contributed by atoms with van der Waals surface area (Å²) in [6.45, 7) is 4.75. The lowest BCUT2D eigenvalue weighted by atomic mass is 10.1. The van der Waals surface area contributed by atoms with E-state index in [0.717, 1.165) is 34.4 Å². The Bertz CT molecular complexity index is 1240. The smallest absolute Gasteiger partial charge is 0.244 e. The molecule has 3 aromatic carbocycles. The molecule has 4 nitrogen and oxygen atoms in total. The van der Waals surface area contributed by atoms with Gasteiger partial charge in [0.15, 0.2) is 0 Å². The van der Waals surface area contributed by atoms with Crippen LogP contribution in [0.3, 0.4) is 0 Å². The maximum atomic E-state index is 12.7. The van der Waals surface area contributed by atoms with Crippen LogP contribution in [-0.2, 0) is 11.3 Å². The molecule has 1 N–H and O–H groups in total. The molecular formula is C27H26ClN3O. The molecule has 32 heavy (non-hydrogen) atoms. The molecular weight excluding hydrogens is 418 g/mol. The number of halogens is 1. The van der Waals surface area contributed by atoms with Crippen LogP contribution in [0.15, 0.2) is 78.9 Å². The van der Waals surface area contributed by atoms with Crippen molar-refractivity contribution in [2.24, 2.45) is 0 Å². The van der Waals surface area contributed by atoms with Crippen molar-refractivity contribution < 1.29 is 4.79 Å². The van der Waals surface area contributed by atoms with Crippen LogP contribution in [-0.4, -0.2) is 15.5 Å². The van der Waals surface area contributed by atoms with Crippen molar-refractivity contribution in [2.45, 2.75) is 32.9 Å². The maximum absolute atomic E-state index is 12.7. The van der Waals surface area contributed by atoms with E-state index >= 15 is 0 Å². The van der Waals surface area contributed by atoms with Gasteiger partial charge in [0.1, 0.15) is 5.82 Å². The van der Waals surface area contributed by atoms with E-state index in [0.29, 0.717) is 11.6 Å². The number of imidazole rings is 1. The number of carbonyl (C=O) groups is 1. The number of carbonyl (C=O) groups excluding carboxylic acids is 1. The van der Waals surface area contributed by atoms with Gasteiger partial charge in [-0.2, -0.15) is 0 Å². The van der Waals surface area contributed by atoms with Gasteiger partial charge >= 0.3 is 0 Å². The molecule has 0 aliphatic heterocycles. The highest BCUT2D eigenvalue weighted by Gasteiger charge is 2.20. The number of nitrogens with zero attached hydrogens (tertiary/aromatic N) is 2. The van der Waals surface area contributed by atoms with Crippen molar-refractivity contribution in [1.82, 2.24) is 14.9 Å². The number of aromatic nitrogens is 2. The van der Waals surface area contributed by atoms with Gasteiger partial charge in [-0.15, -0.1) is 0 Å². The standard InChI is InChI=1S/C27H26ClN3O/c1-3-23(29-26(32)17-14-20-10-8-19(2)9-11-20)27-30-24-6-4-5-7-25(24)31(27)18-21-12-15-22(28)16-13-21/h4-17,23H,3,18H2,1-2H3,(H,29,32)/b17-14+. The molecule has 4 aromatic rings. The predicted octanol–water partition coefficient (Wildman–Crippen LogP) is 6.33. The summed E-state index contributed by atoms with van der Waals surface area (Å²) in [5.41, 5.74) is 5.27. The highest BCUT2D eigenvalue weighted by Crippen LogP contribution is 2.24. The van der Waals surface area contributed by atoms with E-state index < -0.39 is 0 Å². The van der Waals surface area contributed by atoms with Crippen molar-refractivity contribution in [1.29, 1.82) is 0 Å². The van der Waals surface area contributed by atoms with Crippen molar-refractivity contribution in [3.8, 4) is 0 Å². The summed E-state index contributed by atoms with van der Waals surface area (Å²) < 4.78 is 2.18. The number of para-hydroxylation sites is 2. The fourth-order valence-corrected chi connectivity index (χ4v) is 3.84. The zero-order chi connectivity index (χ0) is 22.5. The molecule has 1 aromatic heterocycles. The van der Waals surface area contributed by atoms with Crippen LogP contribution in [0.25, 0.3) is 17.1 Å². The molecule has 0 bridgehead atoms. The van der Waals surface area contributed by atoms with Crippen LogP contribution in [0.4, 0.5) is 0 Å². The third kappa shape index (κ3) is 5.09.